The quantitative estimate of drug-likeness (QED) is 0.491. The van der Waals surface area contributed by atoms with Crippen LogP contribution in [-0.2, 0) is 4.74 Å². The average Bonchev–Trinajstić information content (AvgIpc) is 1.98. The van der Waals surface area contributed by atoms with Crippen molar-refractivity contribution in [2.45, 2.75) is 26.9 Å². The van der Waals surface area contributed by atoms with Gasteiger partial charge < -0.3 is 10.5 Å². The van der Waals surface area contributed by atoms with Gasteiger partial charge in [0.25, 0.3) is 0 Å². The number of ether oxygens (including phenoxy) is 1. The molecule has 1 atom stereocenters. The van der Waals surface area contributed by atoms with E-state index in [1.165, 1.54) is 0 Å². The van der Waals surface area contributed by atoms with Crippen molar-refractivity contribution in [1.82, 2.24) is 0 Å². The number of hydrogen-bond acceptors (Lipinski definition) is 2. The maximum absolute atomic E-state index is 5.63. The minimum Gasteiger partial charge on any atom is -0.385 e. The van der Waals surface area contributed by atoms with Gasteiger partial charge in [0, 0.05) is 13.7 Å². The van der Waals surface area contributed by atoms with Crippen LogP contribution in [0.1, 0.15) is 20.8 Å². The van der Waals surface area contributed by atoms with Gasteiger partial charge in [0.2, 0.25) is 0 Å². The summed E-state index contributed by atoms with van der Waals surface area (Å²) in [5.41, 5.74) is 5.63. The molecule has 0 spiro atoms. The van der Waals surface area contributed by atoms with E-state index in [2.05, 4.69) is 18.8 Å². The van der Waals surface area contributed by atoms with E-state index in [9.17, 15) is 0 Å². The zero-order valence-corrected chi connectivity index (χ0v) is 7.79. The average molecular weight is 158 g/mol. The van der Waals surface area contributed by atoms with Crippen molar-refractivity contribution in [2.24, 2.45) is 16.6 Å². The summed E-state index contributed by atoms with van der Waals surface area (Å²) in [6.07, 6.45) is -0.0231. The first-order valence-electron chi connectivity index (χ1n) is 3.97. The van der Waals surface area contributed by atoms with Gasteiger partial charge in [-0.05, 0) is 12.8 Å². The Morgan fingerprint density at radius 3 is 2.36 bits per heavy atom. The third-order valence-corrected chi connectivity index (χ3v) is 1.50. The third kappa shape index (κ3) is 3.37. The fourth-order valence-corrected chi connectivity index (χ4v) is 0.926. The summed E-state index contributed by atoms with van der Waals surface area (Å²) in [7, 11) is 1.68. The lowest BCUT2D eigenvalue weighted by Gasteiger charge is -2.19. The number of aliphatic imine (C=N–C) groups is 1. The van der Waals surface area contributed by atoms with Crippen LogP contribution in [0.15, 0.2) is 4.99 Å². The predicted molar refractivity (Wildman–Crippen MR) is 47.8 cm³/mol. The van der Waals surface area contributed by atoms with Crippen molar-refractivity contribution < 1.29 is 4.74 Å². The first-order valence-corrected chi connectivity index (χ1v) is 3.97. The van der Waals surface area contributed by atoms with Gasteiger partial charge in [-0.3, -0.25) is 4.99 Å². The van der Waals surface area contributed by atoms with Gasteiger partial charge in [-0.25, -0.2) is 0 Å². The number of amidine groups is 1. The first kappa shape index (κ1) is 10.4. The molecule has 0 amide bonds. The molecule has 0 saturated heterocycles. The highest BCUT2D eigenvalue weighted by Crippen LogP contribution is 2.05. The maximum Gasteiger partial charge on any atom is 0.123 e. The lowest BCUT2D eigenvalue weighted by Crippen LogP contribution is -2.35. The summed E-state index contributed by atoms with van der Waals surface area (Å²) in [6, 6.07) is 0. The Bertz CT molecular complexity index is 132. The molecule has 0 bridgehead atoms. The van der Waals surface area contributed by atoms with Gasteiger partial charge in [0.05, 0.1) is 0 Å². The summed E-state index contributed by atoms with van der Waals surface area (Å²) >= 11 is 0. The van der Waals surface area contributed by atoms with E-state index in [0.29, 0.717) is 18.4 Å². The molecule has 0 aromatic carbocycles. The highest BCUT2D eigenvalue weighted by atomic mass is 16.5. The van der Waals surface area contributed by atoms with E-state index in [-0.39, 0.29) is 6.10 Å². The van der Waals surface area contributed by atoms with Gasteiger partial charge in [0.15, 0.2) is 0 Å². The molecular weight excluding hydrogens is 140 g/mol. The van der Waals surface area contributed by atoms with Crippen molar-refractivity contribution >= 4 is 5.84 Å². The normalized spacial score (nSPS) is 15.5. The smallest absolute Gasteiger partial charge is 0.123 e. The largest absolute Gasteiger partial charge is 0.385 e. The van der Waals surface area contributed by atoms with E-state index in [1.807, 2.05) is 6.92 Å². The minimum absolute atomic E-state index is 0.0231. The maximum atomic E-state index is 5.63. The second kappa shape index (κ2) is 5.13. The fraction of sp³-hybridized carbons (Fsp3) is 0.875. The zero-order valence-electron chi connectivity index (χ0n) is 7.79. The van der Waals surface area contributed by atoms with E-state index < -0.39 is 0 Å². The number of rotatable bonds is 4. The van der Waals surface area contributed by atoms with Gasteiger partial charge in [0.1, 0.15) is 11.9 Å². The highest BCUT2D eigenvalue weighted by Gasteiger charge is 2.16. The van der Waals surface area contributed by atoms with Crippen molar-refractivity contribution in [3.05, 3.63) is 0 Å². The highest BCUT2D eigenvalue weighted by molar-refractivity contribution is 5.84. The number of nitrogens with zero attached hydrogens (tertiary/aromatic N) is 1. The monoisotopic (exact) mass is 158 g/mol. The van der Waals surface area contributed by atoms with Crippen molar-refractivity contribution in [2.75, 3.05) is 13.7 Å². The van der Waals surface area contributed by atoms with Crippen LogP contribution >= 0.6 is 0 Å². The molecule has 0 rings (SSSR count). The van der Waals surface area contributed by atoms with Crippen LogP contribution in [-0.4, -0.2) is 25.6 Å². The van der Waals surface area contributed by atoms with Crippen LogP contribution < -0.4 is 5.73 Å². The van der Waals surface area contributed by atoms with E-state index in [4.69, 9.17) is 10.5 Å². The van der Waals surface area contributed by atoms with E-state index in [1.54, 1.807) is 7.05 Å². The molecule has 0 heterocycles. The lowest BCUT2D eigenvalue weighted by atomic mass is 10.1. The fourth-order valence-electron chi connectivity index (χ4n) is 0.926. The molecule has 66 valence electrons. The van der Waals surface area contributed by atoms with Crippen LogP contribution in [0.4, 0.5) is 0 Å². The molecule has 3 heteroatoms. The molecule has 0 fully saturated rings. The predicted octanol–water partition coefficient (Wildman–Crippen LogP) is 1.03. The van der Waals surface area contributed by atoms with Crippen LogP contribution in [0.2, 0.25) is 0 Å². The lowest BCUT2D eigenvalue weighted by molar-refractivity contribution is 0.0774. The van der Waals surface area contributed by atoms with Crippen LogP contribution in [0.25, 0.3) is 0 Å². The Labute approximate surface area is 68.6 Å². The zero-order chi connectivity index (χ0) is 8.85. The molecule has 0 aliphatic heterocycles. The molecule has 11 heavy (non-hydrogen) atoms. The van der Waals surface area contributed by atoms with Crippen molar-refractivity contribution in [3.63, 3.8) is 0 Å². The molecule has 0 aliphatic rings. The van der Waals surface area contributed by atoms with Gasteiger partial charge in [-0.1, -0.05) is 13.8 Å². The summed E-state index contributed by atoms with van der Waals surface area (Å²) < 4.78 is 5.40. The first-order chi connectivity index (χ1) is 5.13. The van der Waals surface area contributed by atoms with Gasteiger partial charge >= 0.3 is 0 Å². The van der Waals surface area contributed by atoms with Crippen LogP contribution in [0, 0.1) is 5.92 Å². The third-order valence-electron chi connectivity index (χ3n) is 1.50. The molecule has 0 aliphatic carbocycles. The molecule has 2 N–H and O–H groups in total. The minimum atomic E-state index is -0.0231. The Hall–Kier alpha value is -0.570. The molecule has 3 nitrogen and oxygen atoms in total. The molecular formula is C8H18N2O. The molecule has 0 saturated carbocycles. The van der Waals surface area contributed by atoms with E-state index in [0.717, 1.165) is 0 Å². The Kier molecular flexibility index (Phi) is 4.86. The van der Waals surface area contributed by atoms with Crippen LogP contribution in [0.3, 0.4) is 0 Å². The Morgan fingerprint density at radius 1 is 1.55 bits per heavy atom. The molecule has 0 aromatic heterocycles. The molecule has 1 unspecified atom stereocenters. The van der Waals surface area contributed by atoms with Crippen molar-refractivity contribution in [1.29, 1.82) is 0 Å². The van der Waals surface area contributed by atoms with Crippen molar-refractivity contribution in [3.8, 4) is 0 Å². The van der Waals surface area contributed by atoms with Gasteiger partial charge in [-0.2, -0.15) is 0 Å². The topological polar surface area (TPSA) is 47.6 Å². The van der Waals surface area contributed by atoms with Crippen LogP contribution in [0.5, 0.6) is 0 Å². The Balaban J connectivity index is 4.10. The van der Waals surface area contributed by atoms with E-state index >= 15 is 0 Å². The molecule has 0 aromatic rings. The summed E-state index contributed by atoms with van der Waals surface area (Å²) in [5.74, 6) is 0.973. The second-order valence-electron chi connectivity index (χ2n) is 2.77. The standard InChI is InChI=1S/C8H18N2O/c1-5-11-7(6(2)3)8(9)10-4/h6-7H,5H2,1-4H3,(H2,9,10). The number of nitrogens with two attached hydrogens (primary N) is 1. The number of hydrogen-bond donors (Lipinski definition) is 1. The van der Waals surface area contributed by atoms with Gasteiger partial charge in [-0.15, -0.1) is 0 Å². The second-order valence-corrected chi connectivity index (χ2v) is 2.77. The summed E-state index contributed by atoms with van der Waals surface area (Å²) in [6.45, 7) is 6.77. The molecule has 0 radical (unpaired) electrons. The Morgan fingerprint density at radius 2 is 2.09 bits per heavy atom. The SMILES string of the molecule is CCOC(C(N)=NC)C(C)C. The summed E-state index contributed by atoms with van der Waals surface area (Å²) in [4.78, 5) is 3.90. The summed E-state index contributed by atoms with van der Waals surface area (Å²) in [5, 5.41) is 0.